The maximum absolute atomic E-state index is 5.89. The highest BCUT2D eigenvalue weighted by Gasteiger charge is 2.11. The van der Waals surface area contributed by atoms with Gasteiger partial charge in [0.15, 0.2) is 0 Å². The van der Waals surface area contributed by atoms with Gasteiger partial charge in [0.25, 0.3) is 0 Å². The van der Waals surface area contributed by atoms with Crippen molar-refractivity contribution in [3.63, 3.8) is 0 Å². The average molecular weight is 311 g/mol. The molecule has 108 valence electrons. The lowest BCUT2D eigenvalue weighted by Gasteiger charge is -2.20. The van der Waals surface area contributed by atoms with Gasteiger partial charge in [0, 0.05) is 6.42 Å². The van der Waals surface area contributed by atoms with E-state index in [1.807, 2.05) is 60.7 Å². The van der Waals surface area contributed by atoms with E-state index < -0.39 is 0 Å². The fourth-order valence-corrected chi connectivity index (χ4v) is 1.96. The molecule has 0 bridgehead atoms. The van der Waals surface area contributed by atoms with Crippen molar-refractivity contribution in [3.8, 4) is 11.5 Å². The van der Waals surface area contributed by atoms with Gasteiger partial charge in [0.2, 0.25) is 6.29 Å². The van der Waals surface area contributed by atoms with E-state index in [1.54, 1.807) is 0 Å². The molecule has 0 aromatic heterocycles. The normalized spacial score (nSPS) is 9.90. The Bertz CT molecular complexity index is 423. The van der Waals surface area contributed by atoms with E-state index in [-0.39, 0.29) is 18.7 Å². The quantitative estimate of drug-likeness (QED) is 0.552. The summed E-state index contributed by atoms with van der Waals surface area (Å²) in [4.78, 5) is 0. The van der Waals surface area contributed by atoms with Crippen molar-refractivity contribution in [2.24, 2.45) is 0 Å². The molecule has 2 rings (SSSR count). The van der Waals surface area contributed by atoms with Crippen LogP contribution in [0.3, 0.4) is 0 Å². The van der Waals surface area contributed by atoms with Crippen LogP contribution in [0.4, 0.5) is 0 Å². The van der Waals surface area contributed by atoms with E-state index in [2.05, 4.69) is 9.24 Å². The van der Waals surface area contributed by atoms with Crippen LogP contribution in [0.5, 0.6) is 11.5 Å². The summed E-state index contributed by atoms with van der Waals surface area (Å²) in [5.74, 6) is 1.68. The summed E-state index contributed by atoms with van der Waals surface area (Å²) in [5.41, 5.74) is 0. The summed E-state index contributed by atoms with van der Waals surface area (Å²) in [6.07, 6.45) is 2.72. The molecular formula is C16H20ClO2P. The highest BCUT2D eigenvalue weighted by atomic mass is 35.5. The fraction of sp³-hybridized carbons (Fsp3) is 0.250. The van der Waals surface area contributed by atoms with Crippen LogP contribution in [0.25, 0.3) is 0 Å². The molecule has 0 radical (unpaired) electrons. The van der Waals surface area contributed by atoms with Crippen molar-refractivity contribution in [1.82, 2.24) is 0 Å². The first kappa shape index (κ1) is 16.8. The number of hydrogen-bond acceptors (Lipinski definition) is 2. The van der Waals surface area contributed by atoms with Gasteiger partial charge < -0.3 is 9.47 Å². The molecule has 0 saturated carbocycles. The molecule has 0 saturated heterocycles. The second-order valence-corrected chi connectivity index (χ2v) is 4.80. The molecular weight excluding hydrogens is 291 g/mol. The second kappa shape index (κ2) is 9.63. The molecule has 1 atom stereocenters. The molecule has 2 nitrogen and oxygen atoms in total. The molecule has 20 heavy (non-hydrogen) atoms. The minimum absolute atomic E-state index is 0. The van der Waals surface area contributed by atoms with Gasteiger partial charge in [-0.1, -0.05) is 36.4 Å². The first-order valence-corrected chi connectivity index (χ1v) is 7.33. The van der Waals surface area contributed by atoms with Crippen LogP contribution < -0.4 is 9.47 Å². The number of rotatable bonds is 7. The van der Waals surface area contributed by atoms with Crippen molar-refractivity contribution in [2.45, 2.75) is 19.1 Å². The highest BCUT2D eigenvalue weighted by molar-refractivity contribution is 7.16. The van der Waals surface area contributed by atoms with Crippen LogP contribution in [0, 0.1) is 0 Å². The molecule has 0 heterocycles. The molecule has 0 N–H and O–H groups in total. The predicted octanol–water partition coefficient (Wildman–Crippen LogP) is 4.55. The van der Waals surface area contributed by atoms with Crippen molar-refractivity contribution in [1.29, 1.82) is 0 Å². The lowest BCUT2D eigenvalue weighted by Crippen LogP contribution is -2.24. The number of ether oxygens (including phenoxy) is 2. The maximum Gasteiger partial charge on any atom is 0.241 e. The van der Waals surface area contributed by atoms with Gasteiger partial charge in [0.1, 0.15) is 11.5 Å². The van der Waals surface area contributed by atoms with Crippen molar-refractivity contribution >= 4 is 21.6 Å². The van der Waals surface area contributed by atoms with E-state index in [9.17, 15) is 0 Å². The van der Waals surface area contributed by atoms with E-state index in [0.717, 1.165) is 30.5 Å². The van der Waals surface area contributed by atoms with Crippen LogP contribution in [0.2, 0.25) is 0 Å². The smallest absolute Gasteiger partial charge is 0.241 e. The minimum atomic E-state index is -0.245. The first-order valence-electron chi connectivity index (χ1n) is 6.52. The topological polar surface area (TPSA) is 18.5 Å². The van der Waals surface area contributed by atoms with Crippen LogP contribution in [0.1, 0.15) is 12.8 Å². The Morgan fingerprint density at radius 3 is 1.65 bits per heavy atom. The Kier molecular flexibility index (Phi) is 8.10. The Labute approximate surface area is 129 Å². The van der Waals surface area contributed by atoms with E-state index in [1.165, 1.54) is 0 Å². The van der Waals surface area contributed by atoms with Gasteiger partial charge in [-0.05, 0) is 36.8 Å². The third-order valence-electron chi connectivity index (χ3n) is 2.67. The van der Waals surface area contributed by atoms with E-state index in [0.29, 0.717) is 0 Å². The van der Waals surface area contributed by atoms with Gasteiger partial charge in [-0.2, -0.15) is 0 Å². The zero-order valence-electron chi connectivity index (χ0n) is 11.3. The van der Waals surface area contributed by atoms with Crippen molar-refractivity contribution < 1.29 is 9.47 Å². The summed E-state index contributed by atoms with van der Waals surface area (Å²) >= 11 is 0. The summed E-state index contributed by atoms with van der Waals surface area (Å²) in [7, 11) is 2.73. The Morgan fingerprint density at radius 2 is 1.25 bits per heavy atom. The first-order chi connectivity index (χ1) is 9.38. The zero-order valence-corrected chi connectivity index (χ0v) is 13.2. The van der Waals surface area contributed by atoms with Gasteiger partial charge in [-0.25, -0.2) is 0 Å². The SMILES string of the molecule is Cl.PCCCC(Oc1ccccc1)Oc1ccccc1. The van der Waals surface area contributed by atoms with Gasteiger partial charge >= 0.3 is 0 Å². The third kappa shape index (κ3) is 5.81. The van der Waals surface area contributed by atoms with Crippen LogP contribution in [-0.2, 0) is 0 Å². The molecule has 0 aliphatic carbocycles. The number of para-hydroxylation sites is 2. The largest absolute Gasteiger partial charge is 0.455 e. The van der Waals surface area contributed by atoms with Gasteiger partial charge in [-0.15, -0.1) is 21.6 Å². The van der Waals surface area contributed by atoms with Crippen LogP contribution in [0.15, 0.2) is 60.7 Å². The summed E-state index contributed by atoms with van der Waals surface area (Å²) in [6.45, 7) is 0. The average Bonchev–Trinajstić information content (AvgIpc) is 2.47. The Morgan fingerprint density at radius 1 is 0.800 bits per heavy atom. The van der Waals surface area contributed by atoms with E-state index >= 15 is 0 Å². The lowest BCUT2D eigenvalue weighted by atomic mass is 10.3. The lowest BCUT2D eigenvalue weighted by molar-refractivity contribution is -0.000825. The van der Waals surface area contributed by atoms with Crippen LogP contribution in [-0.4, -0.2) is 12.5 Å². The molecule has 1 unspecified atom stereocenters. The zero-order chi connectivity index (χ0) is 13.3. The Balaban J connectivity index is 0.00000200. The molecule has 0 amide bonds. The molecule has 4 heteroatoms. The van der Waals surface area contributed by atoms with Gasteiger partial charge in [0.05, 0.1) is 0 Å². The number of halogens is 1. The molecule has 2 aromatic rings. The fourth-order valence-electron chi connectivity index (χ4n) is 1.73. The highest BCUT2D eigenvalue weighted by Crippen LogP contribution is 2.18. The maximum atomic E-state index is 5.89. The van der Waals surface area contributed by atoms with Crippen LogP contribution >= 0.6 is 21.6 Å². The minimum Gasteiger partial charge on any atom is -0.455 e. The molecule has 0 fully saturated rings. The number of benzene rings is 2. The molecule has 0 aliphatic rings. The van der Waals surface area contributed by atoms with Crippen molar-refractivity contribution in [3.05, 3.63) is 60.7 Å². The second-order valence-electron chi connectivity index (χ2n) is 4.22. The summed E-state index contributed by atoms with van der Waals surface area (Å²) < 4.78 is 11.8. The molecule has 0 aliphatic heterocycles. The summed E-state index contributed by atoms with van der Waals surface area (Å²) in [5, 5.41) is 0. The standard InChI is InChI=1S/C16H19O2P.ClH/c19-13-7-12-16(17-14-8-3-1-4-9-14)18-15-10-5-2-6-11-15;/h1-6,8-11,16H,7,12-13,19H2;1H. The summed E-state index contributed by atoms with van der Waals surface area (Å²) in [6, 6.07) is 19.6. The van der Waals surface area contributed by atoms with Gasteiger partial charge in [-0.3, -0.25) is 0 Å². The molecule has 2 aromatic carbocycles. The Hall–Kier alpha value is -1.24. The van der Waals surface area contributed by atoms with Crippen molar-refractivity contribution in [2.75, 3.05) is 6.16 Å². The third-order valence-corrected chi connectivity index (χ3v) is 3.07. The molecule has 0 spiro atoms. The van der Waals surface area contributed by atoms with E-state index in [4.69, 9.17) is 9.47 Å². The monoisotopic (exact) mass is 310 g/mol. The predicted molar refractivity (Wildman–Crippen MR) is 89.0 cm³/mol. The number of hydrogen-bond donors (Lipinski definition) is 0.